The number of hydrogen-bond acceptors (Lipinski definition) is 3. The highest BCUT2D eigenvalue weighted by Crippen LogP contribution is 2.10. The van der Waals surface area contributed by atoms with Gasteiger partial charge in [-0.3, -0.25) is 4.79 Å². The normalized spacial score (nSPS) is 9.67. The smallest absolute Gasteiger partial charge is 0.407 e. The van der Waals surface area contributed by atoms with Crippen LogP contribution in [0.5, 0.6) is 0 Å². The first kappa shape index (κ1) is 14.3. The highest BCUT2D eigenvalue weighted by Gasteiger charge is 2.04. The molecule has 2 amide bonds. The molecule has 0 radical (unpaired) electrons. The summed E-state index contributed by atoms with van der Waals surface area (Å²) in [6.45, 7) is 0.393. The Morgan fingerprint density at radius 2 is 2.11 bits per heavy atom. The lowest BCUT2D eigenvalue weighted by Gasteiger charge is -2.06. The molecule has 1 aromatic carbocycles. The molecule has 0 aliphatic heterocycles. The van der Waals surface area contributed by atoms with Crippen LogP contribution in [0.2, 0.25) is 5.02 Å². The average Bonchev–Trinajstić information content (AvgIpc) is 2.36. The van der Waals surface area contributed by atoms with E-state index in [4.69, 9.17) is 11.6 Å². The summed E-state index contributed by atoms with van der Waals surface area (Å²) in [5.41, 5.74) is 1.05. The molecule has 0 aromatic heterocycles. The maximum atomic E-state index is 11.3. The second kappa shape index (κ2) is 7.55. The Morgan fingerprint density at radius 1 is 1.33 bits per heavy atom. The van der Waals surface area contributed by atoms with E-state index >= 15 is 0 Å². The molecule has 0 fully saturated rings. The molecule has 6 heteroatoms. The number of methoxy groups -OCH3 is 1. The number of halogens is 1. The number of amides is 2. The van der Waals surface area contributed by atoms with Crippen molar-refractivity contribution in [1.29, 1.82) is 0 Å². The van der Waals surface area contributed by atoms with Gasteiger partial charge in [-0.15, -0.1) is 0 Å². The molecule has 5 nitrogen and oxygen atoms in total. The van der Waals surface area contributed by atoms with E-state index in [0.29, 0.717) is 18.0 Å². The summed E-state index contributed by atoms with van der Waals surface area (Å²) in [6.07, 6.45) is 0.0600. The SMILES string of the molecule is COC(=O)NCC(=O)NCCc1cccc(Cl)c1. The van der Waals surface area contributed by atoms with Gasteiger partial charge < -0.3 is 15.4 Å². The lowest BCUT2D eigenvalue weighted by atomic mass is 10.1. The molecule has 0 saturated heterocycles. The topological polar surface area (TPSA) is 67.4 Å². The number of nitrogens with one attached hydrogen (secondary N) is 2. The molecular weight excluding hydrogens is 256 g/mol. The molecule has 0 spiro atoms. The van der Waals surface area contributed by atoms with Crippen molar-refractivity contribution in [2.75, 3.05) is 20.2 Å². The largest absolute Gasteiger partial charge is 0.453 e. The molecule has 18 heavy (non-hydrogen) atoms. The van der Waals surface area contributed by atoms with Gasteiger partial charge in [-0.25, -0.2) is 4.79 Å². The summed E-state index contributed by atoms with van der Waals surface area (Å²) in [5.74, 6) is -0.262. The summed E-state index contributed by atoms with van der Waals surface area (Å²) < 4.78 is 4.34. The molecule has 98 valence electrons. The van der Waals surface area contributed by atoms with E-state index in [1.807, 2.05) is 18.2 Å². The third-order valence-electron chi connectivity index (χ3n) is 2.20. The quantitative estimate of drug-likeness (QED) is 0.849. The average molecular weight is 271 g/mol. The number of hydrogen-bond donors (Lipinski definition) is 2. The number of ether oxygens (including phenoxy) is 1. The van der Waals surface area contributed by atoms with Crippen molar-refractivity contribution in [3.05, 3.63) is 34.9 Å². The van der Waals surface area contributed by atoms with E-state index in [-0.39, 0.29) is 12.5 Å². The zero-order chi connectivity index (χ0) is 13.4. The van der Waals surface area contributed by atoms with Gasteiger partial charge in [-0.05, 0) is 24.1 Å². The van der Waals surface area contributed by atoms with E-state index in [1.54, 1.807) is 6.07 Å². The van der Waals surface area contributed by atoms with Crippen LogP contribution in [0.3, 0.4) is 0 Å². The Morgan fingerprint density at radius 3 is 2.78 bits per heavy atom. The fourth-order valence-electron chi connectivity index (χ4n) is 1.33. The van der Waals surface area contributed by atoms with E-state index < -0.39 is 6.09 Å². The lowest BCUT2D eigenvalue weighted by molar-refractivity contribution is -0.120. The number of carbonyl (C=O) groups is 2. The van der Waals surface area contributed by atoms with Crippen molar-refractivity contribution in [1.82, 2.24) is 10.6 Å². The van der Waals surface area contributed by atoms with Crippen LogP contribution >= 0.6 is 11.6 Å². The van der Waals surface area contributed by atoms with Gasteiger partial charge in [0, 0.05) is 11.6 Å². The maximum absolute atomic E-state index is 11.3. The molecule has 0 heterocycles. The zero-order valence-electron chi connectivity index (χ0n) is 10.0. The number of benzene rings is 1. The zero-order valence-corrected chi connectivity index (χ0v) is 10.8. The summed E-state index contributed by atoms with van der Waals surface area (Å²) in [7, 11) is 1.24. The van der Waals surface area contributed by atoms with Crippen LogP contribution in [0.4, 0.5) is 4.79 Å². The third kappa shape index (κ3) is 5.54. The van der Waals surface area contributed by atoms with Crippen molar-refractivity contribution in [2.45, 2.75) is 6.42 Å². The van der Waals surface area contributed by atoms with Gasteiger partial charge in [0.05, 0.1) is 13.7 Å². The van der Waals surface area contributed by atoms with Crippen molar-refractivity contribution < 1.29 is 14.3 Å². The van der Waals surface area contributed by atoms with E-state index in [1.165, 1.54) is 7.11 Å². The number of alkyl carbamates (subject to hydrolysis) is 1. The van der Waals surface area contributed by atoms with Gasteiger partial charge in [0.25, 0.3) is 0 Å². The van der Waals surface area contributed by atoms with Crippen LogP contribution in [-0.4, -0.2) is 32.2 Å². The maximum Gasteiger partial charge on any atom is 0.407 e. The van der Waals surface area contributed by atoms with Gasteiger partial charge in [0.15, 0.2) is 0 Å². The number of rotatable bonds is 5. The second-order valence-electron chi connectivity index (χ2n) is 3.58. The standard InChI is InChI=1S/C12H15ClN2O3/c1-18-12(17)15-8-11(16)14-6-5-9-3-2-4-10(13)7-9/h2-4,7H,5-6,8H2,1H3,(H,14,16)(H,15,17). The molecule has 0 saturated carbocycles. The fourth-order valence-corrected chi connectivity index (χ4v) is 1.54. The van der Waals surface area contributed by atoms with Crippen LogP contribution < -0.4 is 10.6 Å². The molecule has 2 N–H and O–H groups in total. The minimum absolute atomic E-state index is 0.0950. The Labute approximate surface area is 110 Å². The fraction of sp³-hybridized carbons (Fsp3) is 0.333. The third-order valence-corrected chi connectivity index (χ3v) is 2.44. The molecule has 1 aromatic rings. The van der Waals surface area contributed by atoms with Gasteiger partial charge >= 0.3 is 6.09 Å². The van der Waals surface area contributed by atoms with Gasteiger partial charge in [0.1, 0.15) is 0 Å². The van der Waals surface area contributed by atoms with Gasteiger partial charge in [-0.2, -0.15) is 0 Å². The van der Waals surface area contributed by atoms with Crippen LogP contribution in [0, 0.1) is 0 Å². The molecule has 1 rings (SSSR count). The molecule has 0 atom stereocenters. The summed E-state index contributed by atoms with van der Waals surface area (Å²) in [4.78, 5) is 22.0. The molecule has 0 bridgehead atoms. The monoisotopic (exact) mass is 270 g/mol. The Hall–Kier alpha value is -1.75. The molecular formula is C12H15ClN2O3. The first-order chi connectivity index (χ1) is 8.61. The van der Waals surface area contributed by atoms with E-state index in [9.17, 15) is 9.59 Å². The van der Waals surface area contributed by atoms with Gasteiger partial charge in [0.2, 0.25) is 5.91 Å². The minimum Gasteiger partial charge on any atom is -0.453 e. The molecule has 0 aliphatic rings. The van der Waals surface area contributed by atoms with Crippen molar-refractivity contribution >= 4 is 23.6 Å². The summed E-state index contributed by atoms with van der Waals surface area (Å²) >= 11 is 5.84. The predicted octanol–water partition coefficient (Wildman–Crippen LogP) is 1.35. The Bertz CT molecular complexity index is 424. The number of carbonyl (C=O) groups excluding carboxylic acids is 2. The van der Waals surface area contributed by atoms with Crippen LogP contribution in [0.15, 0.2) is 24.3 Å². The van der Waals surface area contributed by atoms with Crippen LogP contribution in [0.25, 0.3) is 0 Å². The highest BCUT2D eigenvalue weighted by atomic mass is 35.5. The van der Waals surface area contributed by atoms with Gasteiger partial charge in [-0.1, -0.05) is 23.7 Å². The summed E-state index contributed by atoms with van der Waals surface area (Å²) in [5, 5.41) is 5.65. The predicted molar refractivity (Wildman–Crippen MR) is 68.6 cm³/mol. The summed E-state index contributed by atoms with van der Waals surface area (Å²) in [6, 6.07) is 7.44. The Kier molecular flexibility index (Phi) is 6.00. The van der Waals surface area contributed by atoms with Crippen molar-refractivity contribution in [2.24, 2.45) is 0 Å². The van der Waals surface area contributed by atoms with Crippen LogP contribution in [0.1, 0.15) is 5.56 Å². The Balaban J connectivity index is 2.21. The van der Waals surface area contributed by atoms with Crippen molar-refractivity contribution in [3.63, 3.8) is 0 Å². The highest BCUT2D eigenvalue weighted by molar-refractivity contribution is 6.30. The van der Waals surface area contributed by atoms with Crippen molar-refractivity contribution in [3.8, 4) is 0 Å². The molecule has 0 unspecified atom stereocenters. The first-order valence-corrected chi connectivity index (χ1v) is 5.82. The minimum atomic E-state index is -0.625. The van der Waals surface area contributed by atoms with E-state index in [0.717, 1.165) is 5.56 Å². The molecule has 0 aliphatic carbocycles. The van der Waals surface area contributed by atoms with E-state index in [2.05, 4.69) is 15.4 Å². The second-order valence-corrected chi connectivity index (χ2v) is 4.01. The van der Waals surface area contributed by atoms with Crippen LogP contribution in [-0.2, 0) is 16.0 Å². The lowest BCUT2D eigenvalue weighted by Crippen LogP contribution is -2.37. The first-order valence-electron chi connectivity index (χ1n) is 5.45.